The zero-order valence-corrected chi connectivity index (χ0v) is 11.4. The fourth-order valence-electron chi connectivity index (χ4n) is 2.01. The molecule has 1 fully saturated rings. The average Bonchev–Trinajstić information content (AvgIpc) is 2.41. The van der Waals surface area contributed by atoms with Gasteiger partial charge in [0.05, 0.1) is 5.71 Å². The van der Waals surface area contributed by atoms with Gasteiger partial charge in [0, 0.05) is 11.3 Å². The topological polar surface area (TPSA) is 105 Å². The summed E-state index contributed by atoms with van der Waals surface area (Å²) in [5.41, 5.74) is 6.60. The first-order valence-electron chi connectivity index (χ1n) is 5.82. The van der Waals surface area contributed by atoms with Crippen molar-refractivity contribution in [2.24, 2.45) is 10.9 Å². The molecule has 3 N–H and O–H groups in total. The summed E-state index contributed by atoms with van der Waals surface area (Å²) in [5, 5.41) is 12.9. The standard InChI is InChI=1S/C11H15N3O4S/c1-3-18-13-5(2)6-4-19-10-7(12)9(15)14(10)8(6)11(16)17/h7,10H,3-4,12H2,1-2H3,(H,16,17)/b13-5-/t7-,10-/m1/s1. The molecule has 104 valence electrons. The van der Waals surface area contributed by atoms with Gasteiger partial charge in [-0.1, -0.05) is 5.16 Å². The first kappa shape index (κ1) is 13.9. The third-order valence-electron chi connectivity index (χ3n) is 2.98. The summed E-state index contributed by atoms with van der Waals surface area (Å²) < 4.78 is 0. The number of carbonyl (C=O) groups excluding carboxylic acids is 1. The number of rotatable bonds is 4. The highest BCUT2D eigenvalue weighted by Gasteiger charge is 2.52. The molecule has 7 nitrogen and oxygen atoms in total. The van der Waals surface area contributed by atoms with Crippen LogP contribution in [0, 0.1) is 0 Å². The SMILES string of the molecule is CCO/N=C(/C)C1=C(C(=O)O)N2C(=O)[C@@H](N)[C@H]2SC1. The minimum absolute atomic E-state index is 0.0311. The Morgan fingerprint density at radius 1 is 1.68 bits per heavy atom. The van der Waals surface area contributed by atoms with Crippen LogP contribution in [0.25, 0.3) is 0 Å². The van der Waals surface area contributed by atoms with Crippen LogP contribution in [0.5, 0.6) is 0 Å². The van der Waals surface area contributed by atoms with E-state index in [9.17, 15) is 14.7 Å². The summed E-state index contributed by atoms with van der Waals surface area (Å²) in [6, 6.07) is -0.620. The van der Waals surface area contributed by atoms with E-state index >= 15 is 0 Å². The summed E-state index contributed by atoms with van der Waals surface area (Å²) in [7, 11) is 0. The molecule has 19 heavy (non-hydrogen) atoms. The Balaban J connectivity index is 2.38. The number of nitrogens with zero attached hydrogens (tertiary/aromatic N) is 2. The number of nitrogens with two attached hydrogens (primary N) is 1. The molecule has 2 aliphatic rings. The van der Waals surface area contributed by atoms with Crippen LogP contribution >= 0.6 is 11.8 Å². The van der Waals surface area contributed by atoms with Gasteiger partial charge in [-0.05, 0) is 13.8 Å². The van der Waals surface area contributed by atoms with Crippen LogP contribution in [-0.4, -0.2) is 51.4 Å². The van der Waals surface area contributed by atoms with Gasteiger partial charge in [0.15, 0.2) is 0 Å². The van der Waals surface area contributed by atoms with Crippen LogP contribution in [0.4, 0.5) is 0 Å². The van der Waals surface area contributed by atoms with E-state index < -0.39 is 12.0 Å². The van der Waals surface area contributed by atoms with E-state index in [-0.39, 0.29) is 17.0 Å². The summed E-state index contributed by atoms with van der Waals surface area (Å²) >= 11 is 1.44. The van der Waals surface area contributed by atoms with Crippen LogP contribution in [0.3, 0.4) is 0 Å². The Labute approximate surface area is 114 Å². The largest absolute Gasteiger partial charge is 0.477 e. The van der Waals surface area contributed by atoms with Crippen molar-refractivity contribution in [3.63, 3.8) is 0 Å². The molecule has 1 amide bonds. The van der Waals surface area contributed by atoms with Crippen molar-refractivity contribution in [1.82, 2.24) is 4.90 Å². The molecule has 0 spiro atoms. The van der Waals surface area contributed by atoms with Crippen molar-refractivity contribution in [3.05, 3.63) is 11.3 Å². The molecule has 2 rings (SSSR count). The fraction of sp³-hybridized carbons (Fsp3) is 0.545. The first-order valence-corrected chi connectivity index (χ1v) is 6.87. The second kappa shape index (κ2) is 5.22. The molecule has 0 saturated carbocycles. The Morgan fingerprint density at radius 2 is 2.37 bits per heavy atom. The molecule has 0 radical (unpaired) electrons. The van der Waals surface area contributed by atoms with Crippen LogP contribution < -0.4 is 5.73 Å². The van der Waals surface area contributed by atoms with Gasteiger partial charge < -0.3 is 15.7 Å². The number of β-lactam (4-membered cyclic amide) rings is 1. The first-order chi connectivity index (χ1) is 8.99. The van der Waals surface area contributed by atoms with Crippen LogP contribution in [-0.2, 0) is 14.4 Å². The second-order valence-electron chi connectivity index (χ2n) is 4.16. The summed E-state index contributed by atoms with van der Waals surface area (Å²) in [6.45, 7) is 3.85. The number of carboxylic acid groups (broad SMARTS) is 1. The van der Waals surface area contributed by atoms with Gasteiger partial charge in [-0.25, -0.2) is 4.79 Å². The molecule has 0 aromatic heterocycles. The minimum atomic E-state index is -1.15. The lowest BCUT2D eigenvalue weighted by Gasteiger charge is -2.47. The maximum absolute atomic E-state index is 11.7. The molecule has 2 atom stereocenters. The zero-order valence-electron chi connectivity index (χ0n) is 10.6. The number of fused-ring (bicyclic) bond motifs is 1. The minimum Gasteiger partial charge on any atom is -0.477 e. The number of carboxylic acids is 1. The highest BCUT2D eigenvalue weighted by Crippen LogP contribution is 2.39. The Hall–Kier alpha value is -1.54. The summed E-state index contributed by atoms with van der Waals surface area (Å²) in [4.78, 5) is 29.3. The van der Waals surface area contributed by atoms with Crippen molar-refractivity contribution >= 4 is 29.4 Å². The van der Waals surface area contributed by atoms with E-state index in [1.165, 1.54) is 16.7 Å². The van der Waals surface area contributed by atoms with E-state index in [0.29, 0.717) is 23.6 Å². The van der Waals surface area contributed by atoms with E-state index in [2.05, 4.69) is 5.16 Å². The van der Waals surface area contributed by atoms with Crippen molar-refractivity contribution in [3.8, 4) is 0 Å². The van der Waals surface area contributed by atoms with Gasteiger partial charge >= 0.3 is 5.97 Å². The number of hydrogen-bond acceptors (Lipinski definition) is 6. The average molecular weight is 285 g/mol. The van der Waals surface area contributed by atoms with E-state index in [0.717, 1.165) is 0 Å². The van der Waals surface area contributed by atoms with Crippen molar-refractivity contribution in [2.45, 2.75) is 25.3 Å². The van der Waals surface area contributed by atoms with Crippen molar-refractivity contribution < 1.29 is 19.5 Å². The van der Waals surface area contributed by atoms with Gasteiger partial charge in [0.25, 0.3) is 0 Å². The monoisotopic (exact) mass is 285 g/mol. The number of aliphatic carboxylic acids is 1. The molecule has 2 aliphatic heterocycles. The van der Waals surface area contributed by atoms with Gasteiger partial charge in [0.1, 0.15) is 23.7 Å². The highest BCUT2D eigenvalue weighted by atomic mass is 32.2. The molecule has 0 aliphatic carbocycles. The van der Waals surface area contributed by atoms with Crippen LogP contribution in [0.2, 0.25) is 0 Å². The normalized spacial score (nSPS) is 27.0. The molecule has 0 aromatic carbocycles. The van der Waals surface area contributed by atoms with E-state index in [1.54, 1.807) is 13.8 Å². The maximum Gasteiger partial charge on any atom is 0.353 e. The lowest BCUT2D eigenvalue weighted by atomic mass is 10.0. The van der Waals surface area contributed by atoms with Gasteiger partial charge in [-0.15, -0.1) is 11.8 Å². The summed E-state index contributed by atoms with van der Waals surface area (Å²) in [6.07, 6.45) is 0. The highest BCUT2D eigenvalue weighted by molar-refractivity contribution is 8.00. The quantitative estimate of drug-likeness (QED) is 0.427. The maximum atomic E-state index is 11.7. The van der Waals surface area contributed by atoms with Gasteiger partial charge in [0.2, 0.25) is 5.91 Å². The molecule has 0 aromatic rings. The number of carbonyl (C=O) groups is 2. The Morgan fingerprint density at radius 3 is 2.95 bits per heavy atom. The second-order valence-corrected chi connectivity index (χ2v) is 5.27. The molecule has 8 heteroatoms. The van der Waals surface area contributed by atoms with Crippen LogP contribution in [0.15, 0.2) is 16.4 Å². The third kappa shape index (κ3) is 2.21. The number of thioether (sulfide) groups is 1. The van der Waals surface area contributed by atoms with Crippen molar-refractivity contribution in [1.29, 1.82) is 0 Å². The molecular formula is C11H15N3O4S. The lowest BCUT2D eigenvalue weighted by Crippen LogP contribution is -2.68. The number of hydrogen-bond donors (Lipinski definition) is 2. The molecule has 2 heterocycles. The predicted octanol–water partition coefficient (Wildman–Crippen LogP) is -0.0201. The Bertz CT molecular complexity index is 488. The molecule has 0 unspecified atom stereocenters. The van der Waals surface area contributed by atoms with Crippen LogP contribution in [0.1, 0.15) is 13.8 Å². The fourth-order valence-corrected chi connectivity index (χ4v) is 3.37. The summed E-state index contributed by atoms with van der Waals surface area (Å²) in [5.74, 6) is -1.06. The lowest BCUT2D eigenvalue weighted by molar-refractivity contribution is -0.147. The molecule has 0 bridgehead atoms. The predicted molar refractivity (Wildman–Crippen MR) is 70.5 cm³/mol. The zero-order chi connectivity index (χ0) is 14.2. The number of oxime groups is 1. The molecular weight excluding hydrogens is 270 g/mol. The van der Waals surface area contributed by atoms with Gasteiger partial charge in [-0.3, -0.25) is 9.69 Å². The third-order valence-corrected chi connectivity index (χ3v) is 4.28. The van der Waals surface area contributed by atoms with E-state index in [4.69, 9.17) is 10.6 Å². The smallest absolute Gasteiger partial charge is 0.353 e. The Kier molecular flexibility index (Phi) is 3.81. The van der Waals surface area contributed by atoms with Gasteiger partial charge in [-0.2, -0.15) is 0 Å². The molecule has 1 saturated heterocycles. The number of amides is 1. The van der Waals surface area contributed by atoms with E-state index in [1.807, 2.05) is 0 Å². The van der Waals surface area contributed by atoms with Crippen molar-refractivity contribution in [2.75, 3.05) is 12.4 Å².